The predicted molar refractivity (Wildman–Crippen MR) is 104 cm³/mol. The first kappa shape index (κ1) is 19.0. The Kier molecular flexibility index (Phi) is 5.43. The van der Waals surface area contributed by atoms with Crippen molar-refractivity contribution in [2.45, 2.75) is 24.9 Å². The fourth-order valence-corrected chi connectivity index (χ4v) is 4.85. The Balaban J connectivity index is 0.00000196. The van der Waals surface area contributed by atoms with E-state index in [9.17, 15) is 14.3 Å². The Morgan fingerprint density at radius 2 is 2.23 bits per heavy atom. The second-order valence-corrected chi connectivity index (χ2v) is 7.87. The highest BCUT2D eigenvalue weighted by Gasteiger charge is 2.46. The molecule has 1 aliphatic carbocycles. The SMILES string of the molecule is Cl.O=C(O)C1(NCc2cnc(-c3ccsc3)s2)CCc2c(F)cccc21. The van der Waals surface area contributed by atoms with Gasteiger partial charge < -0.3 is 5.11 Å². The van der Waals surface area contributed by atoms with E-state index in [1.807, 2.05) is 16.8 Å². The number of aromatic nitrogens is 1. The molecule has 1 aliphatic rings. The van der Waals surface area contributed by atoms with Gasteiger partial charge in [-0.3, -0.25) is 5.32 Å². The van der Waals surface area contributed by atoms with Gasteiger partial charge in [0.15, 0.2) is 0 Å². The molecule has 26 heavy (non-hydrogen) atoms. The summed E-state index contributed by atoms with van der Waals surface area (Å²) in [6.07, 6.45) is 2.53. The molecule has 0 spiro atoms. The number of aliphatic carboxylic acids is 1. The van der Waals surface area contributed by atoms with Crippen molar-refractivity contribution < 1.29 is 14.3 Å². The van der Waals surface area contributed by atoms with Crippen LogP contribution in [0.15, 0.2) is 41.2 Å². The average Bonchev–Trinajstić information content (AvgIpc) is 3.33. The van der Waals surface area contributed by atoms with E-state index >= 15 is 0 Å². The van der Waals surface area contributed by atoms with Gasteiger partial charge in [0, 0.05) is 28.6 Å². The summed E-state index contributed by atoms with van der Waals surface area (Å²) in [5.41, 5.74) is 0.856. The largest absolute Gasteiger partial charge is 0.480 e. The highest BCUT2D eigenvalue weighted by Crippen LogP contribution is 2.39. The molecule has 1 aromatic carbocycles. The lowest BCUT2D eigenvalue weighted by Crippen LogP contribution is -2.47. The topological polar surface area (TPSA) is 62.2 Å². The quantitative estimate of drug-likeness (QED) is 0.652. The molecule has 0 amide bonds. The van der Waals surface area contributed by atoms with Crippen molar-refractivity contribution in [2.75, 3.05) is 0 Å². The van der Waals surface area contributed by atoms with Crippen molar-refractivity contribution in [2.24, 2.45) is 0 Å². The van der Waals surface area contributed by atoms with E-state index in [0.717, 1.165) is 15.4 Å². The number of carbonyl (C=O) groups is 1. The Hall–Kier alpha value is -1.80. The van der Waals surface area contributed by atoms with Crippen LogP contribution in [-0.2, 0) is 23.3 Å². The summed E-state index contributed by atoms with van der Waals surface area (Å²) in [5.74, 6) is -1.31. The molecular formula is C18H16ClFN2O2S2. The first-order chi connectivity index (χ1) is 12.1. The van der Waals surface area contributed by atoms with Gasteiger partial charge in [0.25, 0.3) is 0 Å². The fraction of sp³-hybridized carbons (Fsp3) is 0.222. The lowest BCUT2D eigenvalue weighted by atomic mass is 9.91. The molecule has 1 unspecified atom stereocenters. The molecule has 0 fully saturated rings. The number of carboxylic acids is 1. The Morgan fingerprint density at radius 3 is 2.96 bits per heavy atom. The number of nitrogens with one attached hydrogen (secondary N) is 1. The van der Waals surface area contributed by atoms with Crippen LogP contribution in [0, 0.1) is 5.82 Å². The number of nitrogens with zero attached hydrogens (tertiary/aromatic N) is 1. The van der Waals surface area contributed by atoms with E-state index in [1.54, 1.807) is 29.7 Å². The maximum absolute atomic E-state index is 14.0. The van der Waals surface area contributed by atoms with Crippen LogP contribution in [0.5, 0.6) is 0 Å². The summed E-state index contributed by atoms with van der Waals surface area (Å²) in [6.45, 7) is 0.379. The molecule has 0 bridgehead atoms. The van der Waals surface area contributed by atoms with Crippen molar-refractivity contribution in [3.63, 3.8) is 0 Å². The number of carboxylic acid groups (broad SMARTS) is 1. The number of fused-ring (bicyclic) bond motifs is 1. The zero-order chi connectivity index (χ0) is 17.4. The van der Waals surface area contributed by atoms with Gasteiger partial charge >= 0.3 is 5.97 Å². The van der Waals surface area contributed by atoms with Crippen LogP contribution in [0.1, 0.15) is 22.4 Å². The highest BCUT2D eigenvalue weighted by atomic mass is 35.5. The smallest absolute Gasteiger partial charge is 0.328 e. The molecule has 0 saturated heterocycles. The van der Waals surface area contributed by atoms with Crippen molar-refractivity contribution in [1.29, 1.82) is 0 Å². The molecule has 2 heterocycles. The number of hydrogen-bond donors (Lipinski definition) is 2. The summed E-state index contributed by atoms with van der Waals surface area (Å²) in [5, 5.41) is 17.9. The highest BCUT2D eigenvalue weighted by molar-refractivity contribution is 7.15. The van der Waals surface area contributed by atoms with Gasteiger partial charge in [-0.25, -0.2) is 14.2 Å². The third-order valence-corrected chi connectivity index (χ3v) is 6.31. The van der Waals surface area contributed by atoms with E-state index in [0.29, 0.717) is 30.5 Å². The molecule has 3 aromatic rings. The van der Waals surface area contributed by atoms with Crippen LogP contribution in [0.2, 0.25) is 0 Å². The molecule has 0 saturated carbocycles. The van der Waals surface area contributed by atoms with Crippen LogP contribution in [0.4, 0.5) is 4.39 Å². The van der Waals surface area contributed by atoms with Crippen molar-refractivity contribution in [3.8, 4) is 10.6 Å². The number of thiophene rings is 1. The first-order valence-electron chi connectivity index (χ1n) is 7.84. The van der Waals surface area contributed by atoms with Crippen LogP contribution >= 0.6 is 35.1 Å². The van der Waals surface area contributed by atoms with E-state index < -0.39 is 11.5 Å². The Labute approximate surface area is 164 Å². The molecule has 136 valence electrons. The van der Waals surface area contributed by atoms with Crippen LogP contribution in [0.3, 0.4) is 0 Å². The van der Waals surface area contributed by atoms with Crippen molar-refractivity contribution >= 4 is 41.0 Å². The summed E-state index contributed by atoms with van der Waals surface area (Å²) in [4.78, 5) is 17.4. The van der Waals surface area contributed by atoms with E-state index in [-0.39, 0.29) is 18.2 Å². The molecule has 0 radical (unpaired) electrons. The van der Waals surface area contributed by atoms with Gasteiger partial charge in [-0.15, -0.1) is 23.7 Å². The lowest BCUT2D eigenvalue weighted by Gasteiger charge is -2.27. The van der Waals surface area contributed by atoms with Crippen LogP contribution in [-0.4, -0.2) is 16.1 Å². The predicted octanol–water partition coefficient (Wildman–Crippen LogP) is 4.45. The summed E-state index contributed by atoms with van der Waals surface area (Å²) >= 11 is 3.15. The molecule has 8 heteroatoms. The minimum Gasteiger partial charge on any atom is -0.480 e. The molecule has 4 rings (SSSR count). The van der Waals surface area contributed by atoms with Crippen molar-refractivity contribution in [3.05, 3.63) is 63.0 Å². The van der Waals surface area contributed by atoms with E-state index in [1.165, 1.54) is 17.4 Å². The molecule has 4 nitrogen and oxygen atoms in total. The molecule has 2 N–H and O–H groups in total. The third kappa shape index (κ3) is 3.16. The fourth-order valence-electron chi connectivity index (χ4n) is 3.29. The second kappa shape index (κ2) is 7.44. The molecular weight excluding hydrogens is 395 g/mol. The van der Waals surface area contributed by atoms with Gasteiger partial charge in [-0.1, -0.05) is 12.1 Å². The molecule has 1 atom stereocenters. The van der Waals surface area contributed by atoms with Gasteiger partial charge in [-0.05, 0) is 41.5 Å². The summed E-state index contributed by atoms with van der Waals surface area (Å²) in [6, 6.07) is 6.67. The Morgan fingerprint density at radius 1 is 1.38 bits per heavy atom. The minimum absolute atomic E-state index is 0. The van der Waals surface area contributed by atoms with Gasteiger partial charge in [0.05, 0.1) is 0 Å². The zero-order valence-electron chi connectivity index (χ0n) is 13.6. The number of halogens is 2. The normalized spacial score (nSPS) is 18.3. The zero-order valence-corrected chi connectivity index (χ0v) is 16.0. The van der Waals surface area contributed by atoms with E-state index in [2.05, 4.69) is 10.3 Å². The van der Waals surface area contributed by atoms with Crippen molar-refractivity contribution in [1.82, 2.24) is 10.3 Å². The maximum atomic E-state index is 14.0. The van der Waals surface area contributed by atoms with Gasteiger partial charge in [0.2, 0.25) is 0 Å². The summed E-state index contributed by atoms with van der Waals surface area (Å²) in [7, 11) is 0. The lowest BCUT2D eigenvalue weighted by molar-refractivity contribution is -0.145. The number of thiazole rings is 1. The minimum atomic E-state index is -1.25. The Bertz CT molecular complexity index is 929. The van der Waals surface area contributed by atoms with E-state index in [4.69, 9.17) is 0 Å². The standard InChI is InChI=1S/C18H15FN2O2S2.ClH/c19-15-3-1-2-14-13(15)4-6-18(14,17(22)23)21-9-12-8-20-16(25-12)11-5-7-24-10-11;/h1-3,5,7-8,10,21H,4,6,9H2,(H,22,23);1H. The number of hydrogen-bond acceptors (Lipinski definition) is 5. The maximum Gasteiger partial charge on any atom is 0.328 e. The molecule has 2 aromatic heterocycles. The number of benzene rings is 1. The summed E-state index contributed by atoms with van der Waals surface area (Å²) < 4.78 is 14.0. The van der Waals surface area contributed by atoms with Gasteiger partial charge in [0.1, 0.15) is 16.4 Å². The molecule has 0 aliphatic heterocycles. The van der Waals surface area contributed by atoms with Gasteiger partial charge in [-0.2, -0.15) is 11.3 Å². The van der Waals surface area contributed by atoms with Crippen LogP contribution in [0.25, 0.3) is 10.6 Å². The van der Waals surface area contributed by atoms with Crippen LogP contribution < -0.4 is 5.32 Å². The second-order valence-electron chi connectivity index (χ2n) is 5.97. The first-order valence-corrected chi connectivity index (χ1v) is 9.60. The number of rotatable bonds is 5. The third-order valence-electron chi connectivity index (χ3n) is 4.58. The monoisotopic (exact) mass is 410 g/mol. The average molecular weight is 411 g/mol.